The molecule has 0 aliphatic carbocycles. The average molecular weight is 158 g/mol. The second-order valence-corrected chi connectivity index (χ2v) is 3.34. The molecule has 0 aromatic carbocycles. The van der Waals surface area contributed by atoms with Gasteiger partial charge in [0.15, 0.2) is 0 Å². The molecule has 0 rings (SSSR count). The minimum absolute atomic E-state index is 0.560. The lowest BCUT2D eigenvalue weighted by atomic mass is 9.93. The summed E-state index contributed by atoms with van der Waals surface area (Å²) in [5, 5.41) is 0. The Morgan fingerprint density at radius 2 is 1.64 bits per heavy atom. The van der Waals surface area contributed by atoms with Gasteiger partial charge in [-0.1, -0.05) is 26.7 Å². The Morgan fingerprint density at radius 1 is 1.18 bits per heavy atom. The van der Waals surface area contributed by atoms with E-state index in [0.29, 0.717) is 6.04 Å². The van der Waals surface area contributed by atoms with Crippen molar-refractivity contribution in [3.63, 3.8) is 0 Å². The van der Waals surface area contributed by atoms with Gasteiger partial charge in [-0.05, 0) is 20.0 Å². The van der Waals surface area contributed by atoms with Crippen LogP contribution < -0.4 is 5.73 Å². The zero-order valence-corrected chi connectivity index (χ0v) is 8.30. The fourth-order valence-electron chi connectivity index (χ4n) is 1.66. The molecule has 0 aromatic rings. The van der Waals surface area contributed by atoms with Gasteiger partial charge in [-0.3, -0.25) is 0 Å². The molecular weight excluding hydrogens is 136 g/mol. The summed E-state index contributed by atoms with van der Waals surface area (Å²) < 4.78 is 0. The van der Waals surface area contributed by atoms with Crippen molar-refractivity contribution < 1.29 is 0 Å². The van der Waals surface area contributed by atoms with Gasteiger partial charge in [0.1, 0.15) is 0 Å². The van der Waals surface area contributed by atoms with Gasteiger partial charge >= 0.3 is 0 Å². The van der Waals surface area contributed by atoms with E-state index in [0.717, 1.165) is 12.5 Å². The molecule has 0 fully saturated rings. The van der Waals surface area contributed by atoms with Gasteiger partial charge in [0.2, 0.25) is 0 Å². The van der Waals surface area contributed by atoms with E-state index in [1.807, 2.05) is 0 Å². The van der Waals surface area contributed by atoms with Gasteiger partial charge in [0.05, 0.1) is 0 Å². The SMILES string of the molecule is CCC(CC)[C@H](CN)N(C)C. The van der Waals surface area contributed by atoms with Gasteiger partial charge in [-0.25, -0.2) is 0 Å². The monoisotopic (exact) mass is 158 g/mol. The fourth-order valence-corrected chi connectivity index (χ4v) is 1.66. The first-order chi connectivity index (χ1) is 5.17. The molecule has 0 amide bonds. The lowest BCUT2D eigenvalue weighted by Gasteiger charge is -2.29. The maximum atomic E-state index is 5.68. The molecule has 0 unspecified atom stereocenters. The zero-order valence-electron chi connectivity index (χ0n) is 8.30. The molecule has 0 saturated carbocycles. The van der Waals surface area contributed by atoms with E-state index in [-0.39, 0.29) is 0 Å². The molecule has 0 aromatic heterocycles. The molecule has 2 N–H and O–H groups in total. The van der Waals surface area contributed by atoms with E-state index in [1.165, 1.54) is 12.8 Å². The highest BCUT2D eigenvalue weighted by Crippen LogP contribution is 2.15. The third kappa shape index (κ3) is 3.21. The van der Waals surface area contributed by atoms with Gasteiger partial charge < -0.3 is 10.6 Å². The van der Waals surface area contributed by atoms with Crippen LogP contribution in [0.2, 0.25) is 0 Å². The highest BCUT2D eigenvalue weighted by atomic mass is 15.1. The Labute approximate surface area is 70.8 Å². The number of likely N-dealkylation sites (N-methyl/N-ethyl adjacent to an activating group) is 1. The summed E-state index contributed by atoms with van der Waals surface area (Å²) in [6.45, 7) is 5.25. The van der Waals surface area contributed by atoms with Crippen molar-refractivity contribution in [2.45, 2.75) is 32.7 Å². The van der Waals surface area contributed by atoms with E-state index in [2.05, 4.69) is 32.8 Å². The molecule has 1 atom stereocenters. The third-order valence-electron chi connectivity index (χ3n) is 2.50. The van der Waals surface area contributed by atoms with Crippen LogP contribution >= 0.6 is 0 Å². The van der Waals surface area contributed by atoms with Gasteiger partial charge in [0, 0.05) is 12.6 Å². The number of nitrogens with zero attached hydrogens (tertiary/aromatic N) is 1. The molecule has 0 spiro atoms. The summed E-state index contributed by atoms with van der Waals surface area (Å²) in [5.41, 5.74) is 5.68. The standard InChI is InChI=1S/C9H22N2/c1-5-8(6-2)9(7-10)11(3)4/h8-9H,5-7,10H2,1-4H3/t9-/m0/s1. The minimum Gasteiger partial charge on any atom is -0.329 e. The number of nitrogens with two attached hydrogens (primary N) is 1. The zero-order chi connectivity index (χ0) is 8.85. The first kappa shape index (κ1) is 10.9. The highest BCUT2D eigenvalue weighted by molar-refractivity contribution is 4.74. The Kier molecular flexibility index (Phi) is 5.51. The summed E-state index contributed by atoms with van der Waals surface area (Å²) in [5.74, 6) is 0.759. The van der Waals surface area contributed by atoms with Crippen molar-refractivity contribution in [2.24, 2.45) is 11.7 Å². The number of rotatable bonds is 5. The Balaban J connectivity index is 3.98. The van der Waals surface area contributed by atoms with E-state index in [1.54, 1.807) is 0 Å². The topological polar surface area (TPSA) is 29.3 Å². The second kappa shape index (κ2) is 5.56. The van der Waals surface area contributed by atoms with E-state index in [9.17, 15) is 0 Å². The first-order valence-corrected chi connectivity index (χ1v) is 4.53. The van der Waals surface area contributed by atoms with Crippen LogP contribution in [-0.4, -0.2) is 31.6 Å². The average Bonchev–Trinajstić information content (AvgIpc) is 1.99. The summed E-state index contributed by atoms with van der Waals surface area (Å²) in [6.07, 6.45) is 2.47. The minimum atomic E-state index is 0.560. The molecule has 0 radical (unpaired) electrons. The summed E-state index contributed by atoms with van der Waals surface area (Å²) in [7, 11) is 4.21. The van der Waals surface area contributed by atoms with E-state index < -0.39 is 0 Å². The molecule has 11 heavy (non-hydrogen) atoms. The van der Waals surface area contributed by atoms with E-state index in [4.69, 9.17) is 5.73 Å². The van der Waals surface area contributed by atoms with Gasteiger partial charge in [-0.2, -0.15) is 0 Å². The number of hydrogen-bond donors (Lipinski definition) is 1. The summed E-state index contributed by atoms with van der Waals surface area (Å²) >= 11 is 0. The molecular formula is C9H22N2. The van der Waals surface area contributed by atoms with E-state index >= 15 is 0 Å². The quantitative estimate of drug-likeness (QED) is 0.653. The van der Waals surface area contributed by atoms with Crippen LogP contribution in [0.3, 0.4) is 0 Å². The maximum absolute atomic E-state index is 5.68. The Bertz CT molecular complexity index is 87.6. The largest absolute Gasteiger partial charge is 0.329 e. The van der Waals surface area contributed by atoms with Crippen LogP contribution in [-0.2, 0) is 0 Å². The lowest BCUT2D eigenvalue weighted by Crippen LogP contribution is -2.40. The first-order valence-electron chi connectivity index (χ1n) is 4.53. The third-order valence-corrected chi connectivity index (χ3v) is 2.50. The predicted octanol–water partition coefficient (Wildman–Crippen LogP) is 1.31. The molecule has 2 nitrogen and oxygen atoms in total. The molecule has 0 aliphatic heterocycles. The van der Waals surface area contributed by atoms with Crippen molar-refractivity contribution in [1.82, 2.24) is 4.90 Å². The fraction of sp³-hybridized carbons (Fsp3) is 1.00. The van der Waals surface area contributed by atoms with Crippen molar-refractivity contribution in [3.8, 4) is 0 Å². The lowest BCUT2D eigenvalue weighted by molar-refractivity contribution is 0.205. The molecule has 0 saturated heterocycles. The second-order valence-electron chi connectivity index (χ2n) is 3.34. The van der Waals surface area contributed by atoms with Crippen LogP contribution in [0, 0.1) is 5.92 Å². The molecule has 2 heteroatoms. The highest BCUT2D eigenvalue weighted by Gasteiger charge is 2.18. The smallest absolute Gasteiger partial charge is 0.0240 e. The molecule has 0 bridgehead atoms. The van der Waals surface area contributed by atoms with Crippen molar-refractivity contribution in [3.05, 3.63) is 0 Å². The van der Waals surface area contributed by atoms with Gasteiger partial charge in [-0.15, -0.1) is 0 Å². The van der Waals surface area contributed by atoms with Crippen LogP contribution in [0.15, 0.2) is 0 Å². The number of hydrogen-bond acceptors (Lipinski definition) is 2. The van der Waals surface area contributed by atoms with Gasteiger partial charge in [0.25, 0.3) is 0 Å². The summed E-state index contributed by atoms with van der Waals surface area (Å²) in [6, 6.07) is 0.560. The molecule has 0 heterocycles. The predicted molar refractivity (Wildman–Crippen MR) is 50.6 cm³/mol. The molecule has 0 aliphatic rings. The van der Waals surface area contributed by atoms with Crippen molar-refractivity contribution in [2.75, 3.05) is 20.6 Å². The van der Waals surface area contributed by atoms with Crippen molar-refractivity contribution in [1.29, 1.82) is 0 Å². The van der Waals surface area contributed by atoms with Crippen LogP contribution in [0.4, 0.5) is 0 Å². The van der Waals surface area contributed by atoms with Crippen LogP contribution in [0.1, 0.15) is 26.7 Å². The van der Waals surface area contributed by atoms with Crippen LogP contribution in [0.5, 0.6) is 0 Å². The molecule has 68 valence electrons. The Hall–Kier alpha value is -0.0800. The normalized spacial score (nSPS) is 14.5. The Morgan fingerprint density at radius 3 is 1.73 bits per heavy atom. The maximum Gasteiger partial charge on any atom is 0.0240 e. The summed E-state index contributed by atoms with van der Waals surface area (Å²) in [4.78, 5) is 2.23. The van der Waals surface area contributed by atoms with Crippen molar-refractivity contribution >= 4 is 0 Å². The van der Waals surface area contributed by atoms with Crippen LogP contribution in [0.25, 0.3) is 0 Å².